The van der Waals surface area contributed by atoms with Crippen molar-refractivity contribution in [3.63, 3.8) is 0 Å². The third kappa shape index (κ3) is 3.53. The predicted molar refractivity (Wildman–Crippen MR) is 56.1 cm³/mol. The lowest BCUT2D eigenvalue weighted by molar-refractivity contribution is 0.0660. The number of aromatic nitrogens is 2. The molecular weight excluding hydrogens is 216 g/mol. The van der Waals surface area contributed by atoms with Crippen LogP contribution < -0.4 is 5.32 Å². The summed E-state index contributed by atoms with van der Waals surface area (Å²) in [6.07, 6.45) is 3.16. The van der Waals surface area contributed by atoms with Gasteiger partial charge in [0.15, 0.2) is 0 Å². The molecule has 16 heavy (non-hydrogen) atoms. The van der Waals surface area contributed by atoms with E-state index in [-0.39, 0.29) is 18.7 Å². The molecule has 92 valence electrons. The summed E-state index contributed by atoms with van der Waals surface area (Å²) in [4.78, 5) is 3.86. The van der Waals surface area contributed by atoms with Gasteiger partial charge in [-0.3, -0.25) is 4.57 Å². The van der Waals surface area contributed by atoms with Crippen LogP contribution in [0.4, 0.5) is 8.78 Å². The predicted octanol–water partition coefficient (Wildman–Crippen LogP) is 1.53. The summed E-state index contributed by atoms with van der Waals surface area (Å²) < 4.78 is 25.8. The van der Waals surface area contributed by atoms with E-state index >= 15 is 0 Å². The highest BCUT2D eigenvalue weighted by molar-refractivity contribution is 4.94. The Kier molecular flexibility index (Phi) is 4.37. The Morgan fingerprint density at radius 1 is 1.56 bits per heavy atom. The van der Waals surface area contributed by atoms with Crippen LogP contribution in [0, 0.1) is 0 Å². The van der Waals surface area contributed by atoms with E-state index in [0.29, 0.717) is 12.2 Å². The summed E-state index contributed by atoms with van der Waals surface area (Å²) in [7, 11) is 0. The van der Waals surface area contributed by atoms with E-state index in [9.17, 15) is 8.78 Å². The minimum absolute atomic E-state index is 0.0588. The molecule has 2 N–H and O–H groups in total. The zero-order valence-corrected chi connectivity index (χ0v) is 9.45. The van der Waals surface area contributed by atoms with Gasteiger partial charge in [0.2, 0.25) is 0 Å². The third-order valence-corrected chi connectivity index (χ3v) is 2.42. The number of aliphatic hydroxyl groups excluding tert-OH is 1. The lowest BCUT2D eigenvalue weighted by Crippen LogP contribution is -2.40. The van der Waals surface area contributed by atoms with Crippen molar-refractivity contribution in [1.82, 2.24) is 14.9 Å². The number of hydrogen-bond acceptors (Lipinski definition) is 3. The maximum absolute atomic E-state index is 12.5. The van der Waals surface area contributed by atoms with Crippen LogP contribution in [0.2, 0.25) is 0 Å². The van der Waals surface area contributed by atoms with Gasteiger partial charge in [-0.1, -0.05) is 0 Å². The Bertz CT molecular complexity index is 326. The molecule has 0 aliphatic rings. The van der Waals surface area contributed by atoms with Gasteiger partial charge in [0.05, 0.1) is 6.54 Å². The quantitative estimate of drug-likeness (QED) is 0.783. The molecule has 0 bridgehead atoms. The molecule has 6 heteroatoms. The molecule has 0 aromatic carbocycles. The van der Waals surface area contributed by atoms with Crippen LogP contribution in [0.15, 0.2) is 12.4 Å². The van der Waals surface area contributed by atoms with Gasteiger partial charge in [-0.2, -0.15) is 8.78 Å². The maximum atomic E-state index is 12.5. The largest absolute Gasteiger partial charge is 0.396 e. The number of aliphatic hydroxyl groups is 1. The van der Waals surface area contributed by atoms with Crippen molar-refractivity contribution in [2.24, 2.45) is 0 Å². The molecule has 0 unspecified atom stereocenters. The Morgan fingerprint density at radius 3 is 2.81 bits per heavy atom. The minimum atomic E-state index is -2.57. The van der Waals surface area contributed by atoms with E-state index in [1.807, 2.05) is 13.8 Å². The van der Waals surface area contributed by atoms with Crippen LogP contribution in [0.3, 0.4) is 0 Å². The molecule has 1 heterocycles. The van der Waals surface area contributed by atoms with Crippen LogP contribution in [0.1, 0.15) is 32.6 Å². The average molecular weight is 233 g/mol. The molecule has 1 aromatic rings. The zero-order chi connectivity index (χ0) is 12.2. The summed E-state index contributed by atoms with van der Waals surface area (Å²) in [5.74, 6) is 0.293. The molecule has 4 nitrogen and oxygen atoms in total. The highest BCUT2D eigenvalue weighted by atomic mass is 19.3. The zero-order valence-electron chi connectivity index (χ0n) is 9.45. The molecule has 0 amide bonds. The van der Waals surface area contributed by atoms with Crippen molar-refractivity contribution in [1.29, 1.82) is 0 Å². The molecule has 0 radical (unpaired) electrons. The van der Waals surface area contributed by atoms with E-state index in [1.165, 1.54) is 12.4 Å². The second kappa shape index (κ2) is 5.36. The first-order valence-electron chi connectivity index (χ1n) is 5.12. The van der Waals surface area contributed by atoms with Gasteiger partial charge >= 0.3 is 6.55 Å². The second-order valence-corrected chi connectivity index (χ2v) is 4.24. The summed E-state index contributed by atoms with van der Waals surface area (Å²) in [5, 5.41) is 11.9. The fourth-order valence-corrected chi connectivity index (χ4v) is 1.34. The smallest absolute Gasteiger partial charge is 0.319 e. The van der Waals surface area contributed by atoms with Gasteiger partial charge in [-0.05, 0) is 20.3 Å². The number of halogens is 2. The van der Waals surface area contributed by atoms with Crippen molar-refractivity contribution < 1.29 is 13.9 Å². The average Bonchev–Trinajstić information content (AvgIpc) is 2.62. The highest BCUT2D eigenvalue weighted by Crippen LogP contribution is 2.14. The summed E-state index contributed by atoms with van der Waals surface area (Å²) in [5.41, 5.74) is -0.298. The maximum Gasteiger partial charge on any atom is 0.319 e. The number of imidazole rings is 1. The second-order valence-electron chi connectivity index (χ2n) is 4.24. The van der Waals surface area contributed by atoms with Crippen LogP contribution in [-0.4, -0.2) is 26.8 Å². The molecular formula is C10H17F2N3O. The normalized spacial score (nSPS) is 12.4. The molecule has 1 aromatic heterocycles. The highest BCUT2D eigenvalue weighted by Gasteiger charge is 2.18. The van der Waals surface area contributed by atoms with Crippen LogP contribution in [-0.2, 0) is 6.54 Å². The molecule has 1 rings (SSSR count). The van der Waals surface area contributed by atoms with Crippen molar-refractivity contribution >= 4 is 0 Å². The van der Waals surface area contributed by atoms with Gasteiger partial charge in [0.1, 0.15) is 5.82 Å². The topological polar surface area (TPSA) is 50.1 Å². The van der Waals surface area contributed by atoms with Crippen LogP contribution in [0.5, 0.6) is 0 Å². The fraction of sp³-hybridized carbons (Fsp3) is 0.700. The standard InChI is InChI=1S/C10H17F2N3O/c1-10(2,3-6-16)14-7-8-13-4-5-15(8)9(11)12/h4-5,9,14,16H,3,6-7H2,1-2H3. The number of hydrogen-bond donors (Lipinski definition) is 2. The molecule has 0 aliphatic carbocycles. The number of rotatable bonds is 6. The molecule has 0 fully saturated rings. The minimum Gasteiger partial charge on any atom is -0.396 e. The van der Waals surface area contributed by atoms with Gasteiger partial charge in [0, 0.05) is 24.5 Å². The van der Waals surface area contributed by atoms with Crippen molar-refractivity contribution in [3.05, 3.63) is 18.2 Å². The summed E-state index contributed by atoms with van der Waals surface area (Å²) in [6, 6.07) is 0. The van der Waals surface area contributed by atoms with Crippen molar-refractivity contribution in [2.75, 3.05) is 6.61 Å². The van der Waals surface area contributed by atoms with Gasteiger partial charge in [-0.15, -0.1) is 0 Å². The Labute approximate surface area is 93.3 Å². The molecule has 0 spiro atoms. The van der Waals surface area contributed by atoms with Crippen molar-refractivity contribution in [2.45, 2.75) is 38.9 Å². The van der Waals surface area contributed by atoms with E-state index in [4.69, 9.17) is 5.11 Å². The molecule has 0 saturated heterocycles. The molecule has 0 atom stereocenters. The van der Waals surface area contributed by atoms with Crippen LogP contribution >= 0.6 is 0 Å². The lowest BCUT2D eigenvalue weighted by Gasteiger charge is -2.25. The van der Waals surface area contributed by atoms with Gasteiger partial charge in [-0.25, -0.2) is 4.98 Å². The van der Waals surface area contributed by atoms with Gasteiger partial charge in [0.25, 0.3) is 0 Å². The van der Waals surface area contributed by atoms with E-state index in [1.54, 1.807) is 0 Å². The summed E-state index contributed by atoms with van der Waals surface area (Å²) in [6.45, 7) is 1.55. The van der Waals surface area contributed by atoms with E-state index in [0.717, 1.165) is 4.57 Å². The van der Waals surface area contributed by atoms with Gasteiger partial charge < -0.3 is 10.4 Å². The Balaban J connectivity index is 2.57. The van der Waals surface area contributed by atoms with E-state index in [2.05, 4.69) is 10.3 Å². The number of nitrogens with one attached hydrogen (secondary N) is 1. The monoisotopic (exact) mass is 233 g/mol. The number of alkyl halides is 2. The van der Waals surface area contributed by atoms with Crippen molar-refractivity contribution in [3.8, 4) is 0 Å². The first kappa shape index (κ1) is 13.1. The third-order valence-electron chi connectivity index (χ3n) is 2.42. The fourth-order valence-electron chi connectivity index (χ4n) is 1.34. The molecule has 0 saturated carbocycles. The first-order valence-corrected chi connectivity index (χ1v) is 5.12. The van der Waals surface area contributed by atoms with Crippen LogP contribution in [0.25, 0.3) is 0 Å². The first-order chi connectivity index (χ1) is 7.46. The lowest BCUT2D eigenvalue weighted by atomic mass is 10.0. The van der Waals surface area contributed by atoms with E-state index < -0.39 is 6.55 Å². The molecule has 0 aliphatic heterocycles. The number of nitrogens with zero attached hydrogens (tertiary/aromatic N) is 2. The Morgan fingerprint density at radius 2 is 2.25 bits per heavy atom. The summed E-state index contributed by atoms with van der Waals surface area (Å²) >= 11 is 0. The Hall–Kier alpha value is -1.01. The SMILES string of the molecule is CC(C)(CCO)NCc1nccn1C(F)F.